The molecule has 2 aromatic rings. The molecule has 1 heterocycles. The third-order valence-electron chi connectivity index (χ3n) is 2.76. The average Bonchev–Trinajstić information content (AvgIpc) is 2.53. The van der Waals surface area contributed by atoms with Gasteiger partial charge in [-0.3, -0.25) is 4.79 Å². The number of fused-ring (bicyclic) bond motifs is 1. The van der Waals surface area contributed by atoms with Gasteiger partial charge >= 0.3 is 11.9 Å². The molecule has 5 heteroatoms. The van der Waals surface area contributed by atoms with Gasteiger partial charge in [-0.25, -0.2) is 4.79 Å². The van der Waals surface area contributed by atoms with Crippen molar-refractivity contribution in [1.82, 2.24) is 0 Å². The first-order valence-electron chi connectivity index (χ1n) is 5.35. The van der Waals surface area contributed by atoms with E-state index in [1.165, 1.54) is 19.1 Å². The predicted molar refractivity (Wildman–Crippen MR) is 64.0 cm³/mol. The molecular weight excluding hydrogens is 236 g/mol. The van der Waals surface area contributed by atoms with Crippen LogP contribution in [0.15, 0.2) is 16.5 Å². The second-order valence-corrected chi connectivity index (χ2v) is 4.03. The van der Waals surface area contributed by atoms with Crippen LogP contribution >= 0.6 is 0 Å². The summed E-state index contributed by atoms with van der Waals surface area (Å²) in [6.07, 6.45) is 0. The summed E-state index contributed by atoms with van der Waals surface area (Å²) < 4.78 is 10.4. The zero-order chi connectivity index (χ0) is 13.4. The van der Waals surface area contributed by atoms with E-state index >= 15 is 0 Å². The van der Waals surface area contributed by atoms with Gasteiger partial charge in [0.1, 0.15) is 22.7 Å². The number of aromatic carboxylic acids is 1. The van der Waals surface area contributed by atoms with Crippen molar-refractivity contribution in [3.05, 3.63) is 29.0 Å². The van der Waals surface area contributed by atoms with E-state index in [9.17, 15) is 9.59 Å². The fraction of sp³-hybridized carbons (Fsp3) is 0.231. The number of rotatable bonds is 2. The summed E-state index contributed by atoms with van der Waals surface area (Å²) in [4.78, 5) is 22.1. The van der Waals surface area contributed by atoms with Crippen LogP contribution in [0, 0.1) is 13.8 Å². The number of furan rings is 1. The van der Waals surface area contributed by atoms with Gasteiger partial charge < -0.3 is 14.3 Å². The number of esters is 1. The lowest BCUT2D eigenvalue weighted by Crippen LogP contribution is -2.07. The van der Waals surface area contributed by atoms with Gasteiger partial charge in [-0.15, -0.1) is 0 Å². The van der Waals surface area contributed by atoms with Gasteiger partial charge in [0.25, 0.3) is 0 Å². The van der Waals surface area contributed by atoms with Crippen LogP contribution in [0.25, 0.3) is 11.0 Å². The molecule has 18 heavy (non-hydrogen) atoms. The molecule has 0 unspecified atom stereocenters. The Hall–Kier alpha value is -2.30. The Balaban J connectivity index is 2.72. The smallest absolute Gasteiger partial charge is 0.339 e. The van der Waals surface area contributed by atoms with Crippen molar-refractivity contribution in [3.63, 3.8) is 0 Å². The molecule has 0 amide bonds. The van der Waals surface area contributed by atoms with Crippen molar-refractivity contribution in [3.8, 4) is 5.75 Å². The van der Waals surface area contributed by atoms with E-state index in [0.29, 0.717) is 11.3 Å². The van der Waals surface area contributed by atoms with Crippen molar-refractivity contribution in [2.45, 2.75) is 20.8 Å². The Morgan fingerprint density at radius 2 is 1.94 bits per heavy atom. The molecule has 5 nitrogen and oxygen atoms in total. The van der Waals surface area contributed by atoms with Gasteiger partial charge in [-0.2, -0.15) is 0 Å². The van der Waals surface area contributed by atoms with Gasteiger partial charge in [0.05, 0.1) is 0 Å². The molecule has 0 aliphatic rings. The van der Waals surface area contributed by atoms with Crippen LogP contribution in [0.3, 0.4) is 0 Å². The molecule has 0 bridgehead atoms. The van der Waals surface area contributed by atoms with Gasteiger partial charge in [0.2, 0.25) is 0 Å². The number of carboxylic acids is 1. The van der Waals surface area contributed by atoms with Crippen LogP contribution in [-0.4, -0.2) is 17.0 Å². The van der Waals surface area contributed by atoms with E-state index < -0.39 is 11.9 Å². The normalized spacial score (nSPS) is 10.6. The number of hydrogen-bond acceptors (Lipinski definition) is 4. The maximum Gasteiger partial charge on any atom is 0.339 e. The topological polar surface area (TPSA) is 76.7 Å². The molecule has 0 radical (unpaired) electrons. The van der Waals surface area contributed by atoms with Crippen LogP contribution < -0.4 is 4.74 Å². The Bertz CT molecular complexity index is 651. The minimum atomic E-state index is -1.17. The minimum absolute atomic E-state index is 0.0337. The monoisotopic (exact) mass is 248 g/mol. The van der Waals surface area contributed by atoms with E-state index in [-0.39, 0.29) is 11.3 Å². The molecule has 2 rings (SSSR count). The predicted octanol–water partition coefficient (Wildman–Crippen LogP) is 2.67. The van der Waals surface area contributed by atoms with Gasteiger partial charge in [-0.1, -0.05) is 0 Å². The third-order valence-corrected chi connectivity index (χ3v) is 2.76. The van der Waals surface area contributed by atoms with Crippen LogP contribution in [0.2, 0.25) is 0 Å². The summed E-state index contributed by atoms with van der Waals surface area (Å²) in [5.74, 6) is -0.984. The molecule has 1 aromatic heterocycles. The standard InChI is InChI=1S/C13H12O5/c1-6-7(2)17-11-5-10(13(15)16)12(4-9(6)11)18-8(3)14/h4-5H,1-3H3,(H,15,16). The minimum Gasteiger partial charge on any atom is -0.478 e. The van der Waals surface area contributed by atoms with Crippen LogP contribution in [0.5, 0.6) is 5.75 Å². The highest BCUT2D eigenvalue weighted by Crippen LogP contribution is 2.31. The van der Waals surface area contributed by atoms with E-state index in [4.69, 9.17) is 14.3 Å². The number of carbonyl (C=O) groups excluding carboxylic acids is 1. The summed E-state index contributed by atoms with van der Waals surface area (Å²) in [6, 6.07) is 2.89. The Kier molecular flexibility index (Phi) is 2.82. The third kappa shape index (κ3) is 1.95. The number of carboxylic acid groups (broad SMARTS) is 1. The molecule has 0 aliphatic carbocycles. The van der Waals surface area contributed by atoms with Gasteiger partial charge in [-0.05, 0) is 31.5 Å². The quantitative estimate of drug-likeness (QED) is 0.653. The molecular formula is C13H12O5. The Morgan fingerprint density at radius 3 is 2.50 bits per heavy atom. The summed E-state index contributed by atoms with van der Waals surface area (Å²) >= 11 is 0. The maximum atomic E-state index is 11.1. The Labute approximate surface area is 103 Å². The number of carbonyl (C=O) groups is 2. The molecule has 0 aliphatic heterocycles. The first kappa shape index (κ1) is 12.2. The number of ether oxygens (including phenoxy) is 1. The second kappa shape index (κ2) is 4.18. The highest BCUT2D eigenvalue weighted by Gasteiger charge is 2.18. The van der Waals surface area contributed by atoms with E-state index in [2.05, 4.69) is 0 Å². The van der Waals surface area contributed by atoms with Gasteiger partial charge in [0.15, 0.2) is 0 Å². The molecule has 1 N–H and O–H groups in total. The first-order chi connectivity index (χ1) is 8.40. The second-order valence-electron chi connectivity index (χ2n) is 4.03. The molecule has 0 fully saturated rings. The van der Waals surface area contributed by atoms with Crippen molar-refractivity contribution < 1.29 is 23.8 Å². The maximum absolute atomic E-state index is 11.1. The first-order valence-corrected chi connectivity index (χ1v) is 5.35. The van der Waals surface area contributed by atoms with Crippen molar-refractivity contribution >= 4 is 22.9 Å². The lowest BCUT2D eigenvalue weighted by Gasteiger charge is -2.05. The SMILES string of the molecule is CC(=O)Oc1cc2c(C)c(C)oc2cc1C(=O)O. The molecule has 0 saturated heterocycles. The molecule has 0 saturated carbocycles. The number of aryl methyl sites for hydroxylation is 2. The molecule has 0 atom stereocenters. The van der Waals surface area contributed by atoms with Crippen molar-refractivity contribution in [1.29, 1.82) is 0 Å². The summed E-state index contributed by atoms with van der Waals surface area (Å²) in [5.41, 5.74) is 1.28. The van der Waals surface area contributed by atoms with Crippen LogP contribution in [0.4, 0.5) is 0 Å². The highest BCUT2D eigenvalue weighted by molar-refractivity contribution is 5.98. The van der Waals surface area contributed by atoms with Crippen molar-refractivity contribution in [2.24, 2.45) is 0 Å². The average molecular weight is 248 g/mol. The highest BCUT2D eigenvalue weighted by atomic mass is 16.5. The van der Waals surface area contributed by atoms with Crippen molar-refractivity contribution in [2.75, 3.05) is 0 Å². The summed E-state index contributed by atoms with van der Waals surface area (Å²) in [6.45, 7) is 4.88. The number of hydrogen-bond donors (Lipinski definition) is 1. The summed E-state index contributed by atoms with van der Waals surface area (Å²) in [5, 5.41) is 9.83. The van der Waals surface area contributed by atoms with Crippen LogP contribution in [0.1, 0.15) is 28.6 Å². The molecule has 1 aromatic carbocycles. The lowest BCUT2D eigenvalue weighted by molar-refractivity contribution is -0.131. The van der Waals surface area contributed by atoms with Gasteiger partial charge in [0, 0.05) is 12.3 Å². The van der Waals surface area contributed by atoms with E-state index in [1.807, 2.05) is 6.92 Å². The largest absolute Gasteiger partial charge is 0.478 e. The zero-order valence-electron chi connectivity index (χ0n) is 10.2. The molecule has 94 valence electrons. The van der Waals surface area contributed by atoms with E-state index in [0.717, 1.165) is 10.9 Å². The molecule has 0 spiro atoms. The fourth-order valence-electron chi connectivity index (χ4n) is 1.77. The number of benzene rings is 1. The Morgan fingerprint density at radius 1 is 1.28 bits per heavy atom. The fourth-order valence-corrected chi connectivity index (χ4v) is 1.77. The zero-order valence-corrected chi connectivity index (χ0v) is 10.2. The van der Waals surface area contributed by atoms with E-state index in [1.54, 1.807) is 6.92 Å². The summed E-state index contributed by atoms with van der Waals surface area (Å²) in [7, 11) is 0. The lowest BCUT2D eigenvalue weighted by atomic mass is 10.1. The van der Waals surface area contributed by atoms with Crippen LogP contribution in [-0.2, 0) is 4.79 Å².